The van der Waals surface area contributed by atoms with E-state index in [1.54, 1.807) is 10.9 Å². The van der Waals surface area contributed by atoms with Crippen molar-refractivity contribution < 1.29 is 4.79 Å². The van der Waals surface area contributed by atoms with Crippen LogP contribution in [0.3, 0.4) is 0 Å². The Morgan fingerprint density at radius 3 is 2.41 bits per heavy atom. The van der Waals surface area contributed by atoms with E-state index in [1.807, 2.05) is 70.2 Å². The first-order chi connectivity index (χ1) is 16.3. The molecule has 4 rings (SSSR count). The van der Waals surface area contributed by atoms with Crippen LogP contribution < -0.4 is 16.6 Å². The van der Waals surface area contributed by atoms with Gasteiger partial charge in [-0.2, -0.15) is 5.10 Å². The lowest BCUT2D eigenvalue weighted by Gasteiger charge is -2.15. The highest BCUT2D eigenvalue weighted by Gasteiger charge is 2.19. The molecule has 2 aromatic carbocycles. The Morgan fingerprint density at radius 2 is 1.74 bits per heavy atom. The number of hydrogen-bond donors (Lipinski definition) is 1. The van der Waals surface area contributed by atoms with Crippen molar-refractivity contribution in [3.63, 3.8) is 0 Å². The lowest BCUT2D eigenvalue weighted by atomic mass is 10.1. The third kappa shape index (κ3) is 4.44. The number of carbonyl (C=O) groups excluding carboxylic acids is 1. The summed E-state index contributed by atoms with van der Waals surface area (Å²) < 4.78 is 4.09. The lowest BCUT2D eigenvalue weighted by molar-refractivity contribution is -0.116. The van der Waals surface area contributed by atoms with E-state index in [0.29, 0.717) is 12.1 Å². The number of para-hydroxylation sites is 1. The minimum atomic E-state index is -0.538. The van der Waals surface area contributed by atoms with Gasteiger partial charge in [0.15, 0.2) is 5.52 Å². The molecule has 0 spiro atoms. The second kappa shape index (κ2) is 9.51. The molecule has 0 saturated carbocycles. The molecule has 2 heterocycles. The van der Waals surface area contributed by atoms with Crippen molar-refractivity contribution in [1.29, 1.82) is 0 Å². The molecule has 0 atom stereocenters. The molecule has 34 heavy (non-hydrogen) atoms. The molecule has 1 N–H and O–H groups in total. The summed E-state index contributed by atoms with van der Waals surface area (Å²) in [6, 6.07) is 13.5. The van der Waals surface area contributed by atoms with Gasteiger partial charge >= 0.3 is 5.69 Å². The molecule has 0 aliphatic heterocycles. The first-order valence-corrected chi connectivity index (χ1v) is 11.5. The molecular formula is C26H29N5O3. The number of rotatable bonds is 7. The number of nitrogens with zero attached hydrogens (tertiary/aromatic N) is 4. The summed E-state index contributed by atoms with van der Waals surface area (Å²) in [5.74, 6) is -0.336. The Kier molecular flexibility index (Phi) is 6.49. The van der Waals surface area contributed by atoms with Gasteiger partial charge in [-0.3, -0.25) is 23.4 Å². The Bertz CT molecular complexity index is 1480. The van der Waals surface area contributed by atoms with Crippen molar-refractivity contribution in [3.8, 4) is 0 Å². The Balaban J connectivity index is 1.77. The van der Waals surface area contributed by atoms with Gasteiger partial charge in [0.05, 0.1) is 12.1 Å². The number of nitrogens with one attached hydrogen (secondary N) is 1. The highest BCUT2D eigenvalue weighted by atomic mass is 16.2. The SMILES string of the molecule is CCc1cccc(C)c1NC(=O)Cn1c(=O)n(Cc2ccc(C)cc2)c(=O)c2nn(CC)cc21. The van der Waals surface area contributed by atoms with Crippen molar-refractivity contribution in [2.24, 2.45) is 0 Å². The fourth-order valence-corrected chi connectivity index (χ4v) is 4.08. The molecule has 0 aliphatic rings. The predicted octanol–water partition coefficient (Wildman–Crippen LogP) is 3.25. The van der Waals surface area contributed by atoms with E-state index in [9.17, 15) is 14.4 Å². The summed E-state index contributed by atoms with van der Waals surface area (Å²) in [4.78, 5) is 39.7. The van der Waals surface area contributed by atoms with Gasteiger partial charge in [-0.15, -0.1) is 0 Å². The molecule has 8 heteroatoms. The van der Waals surface area contributed by atoms with E-state index in [4.69, 9.17) is 0 Å². The minimum Gasteiger partial charge on any atom is -0.324 e. The van der Waals surface area contributed by atoms with E-state index in [2.05, 4.69) is 10.4 Å². The number of anilines is 1. The third-order valence-corrected chi connectivity index (χ3v) is 6.03. The maximum Gasteiger partial charge on any atom is 0.332 e. The first-order valence-electron chi connectivity index (χ1n) is 11.5. The number of benzene rings is 2. The van der Waals surface area contributed by atoms with Crippen molar-refractivity contribution in [2.45, 2.75) is 53.8 Å². The number of aryl methyl sites for hydroxylation is 4. The van der Waals surface area contributed by atoms with Crippen LogP contribution in [-0.4, -0.2) is 24.8 Å². The summed E-state index contributed by atoms with van der Waals surface area (Å²) in [5, 5.41) is 7.34. The van der Waals surface area contributed by atoms with Crippen LogP contribution >= 0.6 is 0 Å². The fourth-order valence-electron chi connectivity index (χ4n) is 4.08. The molecule has 1 amide bonds. The summed E-state index contributed by atoms with van der Waals surface area (Å²) in [7, 11) is 0. The zero-order valence-corrected chi connectivity index (χ0v) is 20.0. The molecule has 0 aliphatic carbocycles. The number of amides is 1. The monoisotopic (exact) mass is 459 g/mol. The summed E-state index contributed by atoms with van der Waals surface area (Å²) in [5.41, 5.74) is 4.17. The van der Waals surface area contributed by atoms with E-state index in [0.717, 1.165) is 38.9 Å². The van der Waals surface area contributed by atoms with Gasteiger partial charge in [-0.05, 0) is 43.9 Å². The fraction of sp³-hybridized carbons (Fsp3) is 0.308. The molecule has 4 aromatic rings. The normalized spacial score (nSPS) is 11.2. The number of hydrogen-bond acceptors (Lipinski definition) is 4. The largest absolute Gasteiger partial charge is 0.332 e. The number of carbonyl (C=O) groups is 1. The second-order valence-electron chi connectivity index (χ2n) is 8.48. The summed E-state index contributed by atoms with van der Waals surface area (Å²) in [6.07, 6.45) is 2.42. The van der Waals surface area contributed by atoms with Crippen molar-refractivity contribution in [3.05, 3.63) is 91.8 Å². The second-order valence-corrected chi connectivity index (χ2v) is 8.48. The van der Waals surface area contributed by atoms with Gasteiger partial charge in [-0.25, -0.2) is 4.79 Å². The zero-order chi connectivity index (χ0) is 24.4. The molecule has 0 saturated heterocycles. The molecule has 176 valence electrons. The van der Waals surface area contributed by atoms with Crippen molar-refractivity contribution in [1.82, 2.24) is 18.9 Å². The topological polar surface area (TPSA) is 90.9 Å². The average molecular weight is 460 g/mol. The van der Waals surface area contributed by atoms with Crippen LogP contribution in [0.5, 0.6) is 0 Å². The molecule has 2 aromatic heterocycles. The molecule has 0 bridgehead atoms. The van der Waals surface area contributed by atoms with Gasteiger partial charge < -0.3 is 5.32 Å². The maximum atomic E-state index is 13.5. The Hall–Kier alpha value is -3.94. The van der Waals surface area contributed by atoms with E-state index < -0.39 is 11.2 Å². The highest BCUT2D eigenvalue weighted by molar-refractivity contribution is 5.93. The van der Waals surface area contributed by atoms with Crippen LogP contribution in [0.1, 0.15) is 36.1 Å². The van der Waals surface area contributed by atoms with Gasteiger partial charge in [0.1, 0.15) is 6.54 Å². The quantitative estimate of drug-likeness (QED) is 0.459. The van der Waals surface area contributed by atoms with Crippen LogP contribution in [0.4, 0.5) is 5.69 Å². The molecule has 0 fully saturated rings. The third-order valence-electron chi connectivity index (χ3n) is 6.03. The molecule has 0 unspecified atom stereocenters. The highest BCUT2D eigenvalue weighted by Crippen LogP contribution is 2.21. The van der Waals surface area contributed by atoms with Gasteiger partial charge in [-0.1, -0.05) is 55.0 Å². The number of fused-ring (bicyclic) bond motifs is 1. The smallest absolute Gasteiger partial charge is 0.324 e. The van der Waals surface area contributed by atoms with Gasteiger partial charge in [0, 0.05) is 18.4 Å². The minimum absolute atomic E-state index is 0.103. The Morgan fingerprint density at radius 1 is 1.00 bits per heavy atom. The predicted molar refractivity (Wildman–Crippen MR) is 133 cm³/mol. The first kappa shape index (κ1) is 23.2. The molecule has 0 radical (unpaired) electrons. The van der Waals surface area contributed by atoms with Crippen molar-refractivity contribution >= 4 is 22.6 Å². The van der Waals surface area contributed by atoms with Crippen LogP contribution in [-0.2, 0) is 30.8 Å². The summed E-state index contributed by atoms with van der Waals surface area (Å²) in [6.45, 7) is 8.25. The molecule has 8 nitrogen and oxygen atoms in total. The van der Waals surface area contributed by atoms with Crippen molar-refractivity contribution in [2.75, 3.05) is 5.32 Å². The maximum absolute atomic E-state index is 13.5. The van der Waals surface area contributed by atoms with E-state index in [1.165, 1.54) is 4.57 Å². The Labute approximate surface area is 197 Å². The lowest BCUT2D eigenvalue weighted by Crippen LogP contribution is -2.42. The zero-order valence-electron chi connectivity index (χ0n) is 20.0. The summed E-state index contributed by atoms with van der Waals surface area (Å²) >= 11 is 0. The van der Waals surface area contributed by atoms with E-state index >= 15 is 0 Å². The molecular weight excluding hydrogens is 430 g/mol. The van der Waals surface area contributed by atoms with Gasteiger partial charge in [0.2, 0.25) is 5.91 Å². The standard InChI is InChI=1S/C26H29N5O3/c1-5-20-9-7-8-18(4)23(20)27-22(32)16-30-21-15-29(6-2)28-24(21)25(33)31(26(30)34)14-19-12-10-17(3)11-13-19/h7-13,15H,5-6,14,16H2,1-4H3,(H,27,32). The van der Waals surface area contributed by atoms with Gasteiger partial charge in [0.25, 0.3) is 5.56 Å². The van der Waals surface area contributed by atoms with Crippen LogP contribution in [0.25, 0.3) is 11.0 Å². The van der Waals surface area contributed by atoms with Crippen LogP contribution in [0, 0.1) is 13.8 Å². The van der Waals surface area contributed by atoms with Crippen LogP contribution in [0.15, 0.2) is 58.3 Å². The number of aromatic nitrogens is 4. The van der Waals surface area contributed by atoms with E-state index in [-0.39, 0.29) is 24.5 Å². The van der Waals surface area contributed by atoms with Crippen LogP contribution in [0.2, 0.25) is 0 Å². The average Bonchev–Trinajstić information content (AvgIpc) is 3.27.